The Kier molecular flexibility index (Phi) is 4.71. The summed E-state index contributed by atoms with van der Waals surface area (Å²) in [5.41, 5.74) is 1.20. The molecule has 1 aliphatic rings. The Morgan fingerprint density at radius 2 is 1.84 bits per heavy atom. The number of halogens is 1. The van der Waals surface area contributed by atoms with Crippen molar-refractivity contribution in [3.8, 4) is 0 Å². The third-order valence-electron chi connectivity index (χ3n) is 3.26. The molecule has 0 saturated carbocycles. The summed E-state index contributed by atoms with van der Waals surface area (Å²) in [6.07, 6.45) is 0.736. The molecule has 2 rings (SSSR count). The van der Waals surface area contributed by atoms with Gasteiger partial charge in [-0.05, 0) is 18.7 Å². The van der Waals surface area contributed by atoms with Crippen LogP contribution in [0.5, 0.6) is 0 Å². The highest BCUT2D eigenvalue weighted by Crippen LogP contribution is 2.17. The van der Waals surface area contributed by atoms with E-state index in [9.17, 15) is 9.59 Å². The molecule has 1 saturated heterocycles. The van der Waals surface area contributed by atoms with Crippen molar-refractivity contribution >= 4 is 27.7 Å². The number of hydrogen-bond acceptors (Lipinski definition) is 3. The predicted molar refractivity (Wildman–Crippen MR) is 76.4 cm³/mol. The monoisotopic (exact) mass is 324 g/mol. The number of likely N-dealkylation sites (tertiary alicyclic amines) is 1. The average Bonchev–Trinajstić information content (AvgIpc) is 2.70. The summed E-state index contributed by atoms with van der Waals surface area (Å²) in [5, 5.41) is 0. The predicted octanol–water partition coefficient (Wildman–Crippen LogP) is 2.03. The van der Waals surface area contributed by atoms with Crippen LogP contribution in [0.25, 0.3) is 0 Å². The summed E-state index contributed by atoms with van der Waals surface area (Å²) < 4.78 is 1.08. The number of imide groups is 1. The molecule has 5 heteroatoms. The topological polar surface area (TPSA) is 40.6 Å². The van der Waals surface area contributed by atoms with Gasteiger partial charge < -0.3 is 4.90 Å². The van der Waals surface area contributed by atoms with Gasteiger partial charge in [-0.3, -0.25) is 14.5 Å². The second-order valence-electron chi connectivity index (χ2n) is 4.77. The molecule has 102 valence electrons. The fourth-order valence-corrected chi connectivity index (χ4v) is 2.55. The van der Waals surface area contributed by atoms with E-state index in [2.05, 4.69) is 26.9 Å². The van der Waals surface area contributed by atoms with Gasteiger partial charge in [0.15, 0.2) is 0 Å². The molecule has 0 bridgehead atoms. The van der Waals surface area contributed by atoms with Gasteiger partial charge in [0.1, 0.15) is 0 Å². The highest BCUT2D eigenvalue weighted by atomic mass is 79.9. The van der Waals surface area contributed by atoms with E-state index in [0.717, 1.165) is 11.0 Å². The summed E-state index contributed by atoms with van der Waals surface area (Å²) in [7, 11) is 1.99. The summed E-state index contributed by atoms with van der Waals surface area (Å²) in [6.45, 7) is 1.97. The molecular weight excluding hydrogens is 308 g/mol. The zero-order valence-corrected chi connectivity index (χ0v) is 12.5. The van der Waals surface area contributed by atoms with Crippen LogP contribution in [-0.2, 0) is 16.1 Å². The van der Waals surface area contributed by atoms with Crippen LogP contribution in [-0.4, -0.2) is 41.8 Å². The van der Waals surface area contributed by atoms with Crippen LogP contribution in [0.4, 0.5) is 0 Å². The molecule has 0 spiro atoms. The van der Waals surface area contributed by atoms with E-state index in [1.807, 2.05) is 25.2 Å². The molecule has 1 aromatic rings. The fraction of sp³-hybridized carbons (Fsp3) is 0.429. The van der Waals surface area contributed by atoms with Crippen molar-refractivity contribution in [2.75, 3.05) is 20.1 Å². The molecule has 1 fully saturated rings. The minimum atomic E-state index is -0.0423. The van der Waals surface area contributed by atoms with E-state index in [-0.39, 0.29) is 11.8 Å². The number of likely N-dealkylation sites (N-methyl/N-ethyl adjacent to an activating group) is 1. The van der Waals surface area contributed by atoms with Crippen molar-refractivity contribution in [2.24, 2.45) is 0 Å². The molecule has 4 nitrogen and oxygen atoms in total. The zero-order chi connectivity index (χ0) is 13.8. The minimum Gasteiger partial charge on any atom is -0.300 e. The molecule has 0 radical (unpaired) electrons. The minimum absolute atomic E-state index is 0.0423. The summed E-state index contributed by atoms with van der Waals surface area (Å²) >= 11 is 3.52. The van der Waals surface area contributed by atoms with Gasteiger partial charge in [0.2, 0.25) is 11.8 Å². The van der Waals surface area contributed by atoms with Crippen LogP contribution in [0.2, 0.25) is 0 Å². The lowest BCUT2D eigenvalue weighted by molar-refractivity contribution is -0.138. The maximum Gasteiger partial charge on any atom is 0.229 e. The largest absolute Gasteiger partial charge is 0.300 e. The SMILES string of the molecule is CN(CCN1C(=O)CCC1=O)Cc1ccccc1Br. The van der Waals surface area contributed by atoms with Gasteiger partial charge in [-0.2, -0.15) is 0 Å². The second-order valence-corrected chi connectivity index (χ2v) is 5.62. The Labute approximate surface area is 121 Å². The van der Waals surface area contributed by atoms with Crippen LogP contribution in [0.15, 0.2) is 28.7 Å². The maximum absolute atomic E-state index is 11.5. The number of amides is 2. The first kappa shape index (κ1) is 14.2. The van der Waals surface area contributed by atoms with E-state index < -0.39 is 0 Å². The number of carbonyl (C=O) groups is 2. The molecule has 1 heterocycles. The van der Waals surface area contributed by atoms with Crippen molar-refractivity contribution in [1.29, 1.82) is 0 Å². The van der Waals surface area contributed by atoms with E-state index in [1.165, 1.54) is 10.5 Å². The highest BCUT2D eigenvalue weighted by Gasteiger charge is 2.28. The molecule has 2 amide bonds. The van der Waals surface area contributed by atoms with Crippen LogP contribution in [0.1, 0.15) is 18.4 Å². The smallest absolute Gasteiger partial charge is 0.229 e. The Morgan fingerprint density at radius 3 is 2.47 bits per heavy atom. The van der Waals surface area contributed by atoms with Crippen molar-refractivity contribution < 1.29 is 9.59 Å². The van der Waals surface area contributed by atoms with E-state index in [1.54, 1.807) is 0 Å². The lowest BCUT2D eigenvalue weighted by Gasteiger charge is -2.21. The molecule has 19 heavy (non-hydrogen) atoms. The molecule has 1 aliphatic heterocycles. The standard InChI is InChI=1S/C14H17BrN2O2/c1-16(10-11-4-2-3-5-12(11)15)8-9-17-13(18)6-7-14(17)19/h2-5H,6-10H2,1H3. The average molecular weight is 325 g/mol. The molecule has 0 unspecified atom stereocenters. The Bertz CT molecular complexity index is 474. The third-order valence-corrected chi connectivity index (χ3v) is 4.03. The number of hydrogen-bond donors (Lipinski definition) is 0. The Balaban J connectivity index is 1.85. The number of nitrogens with zero attached hydrogens (tertiary/aromatic N) is 2. The van der Waals surface area contributed by atoms with Crippen molar-refractivity contribution in [3.05, 3.63) is 34.3 Å². The number of benzene rings is 1. The van der Waals surface area contributed by atoms with Gasteiger partial charge in [0, 0.05) is 36.9 Å². The summed E-state index contributed by atoms with van der Waals surface area (Å²) in [4.78, 5) is 26.5. The van der Waals surface area contributed by atoms with Crippen molar-refractivity contribution in [1.82, 2.24) is 9.80 Å². The van der Waals surface area contributed by atoms with Crippen LogP contribution in [0.3, 0.4) is 0 Å². The van der Waals surface area contributed by atoms with E-state index in [0.29, 0.717) is 25.9 Å². The fourth-order valence-electron chi connectivity index (χ4n) is 2.14. The number of carbonyl (C=O) groups excluding carboxylic acids is 2. The molecule has 0 N–H and O–H groups in total. The first-order valence-electron chi connectivity index (χ1n) is 6.33. The Hall–Kier alpha value is -1.20. The summed E-state index contributed by atoms with van der Waals surface area (Å²) in [6, 6.07) is 8.06. The van der Waals surface area contributed by atoms with Crippen LogP contribution in [0, 0.1) is 0 Å². The Morgan fingerprint density at radius 1 is 1.21 bits per heavy atom. The van der Waals surface area contributed by atoms with Gasteiger partial charge in [0.25, 0.3) is 0 Å². The first-order valence-corrected chi connectivity index (χ1v) is 7.12. The van der Waals surface area contributed by atoms with Gasteiger partial charge >= 0.3 is 0 Å². The van der Waals surface area contributed by atoms with Crippen molar-refractivity contribution in [3.63, 3.8) is 0 Å². The highest BCUT2D eigenvalue weighted by molar-refractivity contribution is 9.10. The molecule has 0 aliphatic carbocycles. The van der Waals surface area contributed by atoms with E-state index in [4.69, 9.17) is 0 Å². The quantitative estimate of drug-likeness (QED) is 0.778. The zero-order valence-electron chi connectivity index (χ0n) is 10.9. The maximum atomic E-state index is 11.5. The molecule has 0 aromatic heterocycles. The summed E-state index contributed by atoms with van der Waals surface area (Å²) in [5.74, 6) is -0.0846. The van der Waals surface area contributed by atoms with Gasteiger partial charge in [0.05, 0.1) is 0 Å². The normalized spacial score (nSPS) is 15.6. The van der Waals surface area contributed by atoms with Crippen molar-refractivity contribution in [2.45, 2.75) is 19.4 Å². The molecule has 1 aromatic carbocycles. The van der Waals surface area contributed by atoms with Gasteiger partial charge in [-0.1, -0.05) is 34.1 Å². The molecular formula is C14H17BrN2O2. The second kappa shape index (κ2) is 6.30. The number of rotatable bonds is 5. The lowest BCUT2D eigenvalue weighted by atomic mass is 10.2. The van der Waals surface area contributed by atoms with E-state index >= 15 is 0 Å². The van der Waals surface area contributed by atoms with Gasteiger partial charge in [-0.25, -0.2) is 0 Å². The van der Waals surface area contributed by atoms with Gasteiger partial charge in [-0.15, -0.1) is 0 Å². The molecule has 0 atom stereocenters. The third kappa shape index (κ3) is 3.64. The lowest BCUT2D eigenvalue weighted by Crippen LogP contribution is -2.36. The van der Waals surface area contributed by atoms with Crippen LogP contribution < -0.4 is 0 Å². The van der Waals surface area contributed by atoms with Crippen LogP contribution >= 0.6 is 15.9 Å². The first-order chi connectivity index (χ1) is 9.08.